The van der Waals surface area contributed by atoms with Crippen LogP contribution in [0.25, 0.3) is 0 Å². The third-order valence-electron chi connectivity index (χ3n) is 2.93. The lowest BCUT2D eigenvalue weighted by molar-refractivity contribution is -0.142. The van der Waals surface area contributed by atoms with Gasteiger partial charge in [0, 0.05) is 25.7 Å². The number of aliphatic carboxylic acids is 1. The van der Waals surface area contributed by atoms with Crippen LogP contribution in [0.5, 0.6) is 0 Å². The lowest BCUT2D eigenvalue weighted by Gasteiger charge is -2.20. The van der Waals surface area contributed by atoms with E-state index in [2.05, 4.69) is 10.2 Å². The second-order valence-electron chi connectivity index (χ2n) is 4.53. The van der Waals surface area contributed by atoms with Gasteiger partial charge in [0.1, 0.15) is 6.61 Å². The van der Waals surface area contributed by atoms with Crippen LogP contribution in [0, 0.1) is 0 Å². The number of urea groups is 1. The van der Waals surface area contributed by atoms with E-state index in [1.54, 1.807) is 4.90 Å². The van der Waals surface area contributed by atoms with Gasteiger partial charge in [0.05, 0.1) is 6.61 Å². The van der Waals surface area contributed by atoms with E-state index in [-0.39, 0.29) is 19.2 Å². The summed E-state index contributed by atoms with van der Waals surface area (Å²) in [6.45, 7) is 1.69. The molecule has 0 spiro atoms. The highest BCUT2D eigenvalue weighted by atomic mass is 16.5. The van der Waals surface area contributed by atoms with Gasteiger partial charge in [0.25, 0.3) is 0 Å². The number of carboxylic acid groups (broad SMARTS) is 1. The second kappa shape index (κ2) is 7.17. The summed E-state index contributed by atoms with van der Waals surface area (Å²) in [7, 11) is 4.01. The molecule has 2 N–H and O–H groups in total. The van der Waals surface area contributed by atoms with Gasteiger partial charge in [0.2, 0.25) is 0 Å². The Kier molecular flexibility index (Phi) is 5.87. The Morgan fingerprint density at radius 3 is 2.78 bits per heavy atom. The van der Waals surface area contributed by atoms with E-state index in [1.165, 1.54) is 0 Å². The van der Waals surface area contributed by atoms with Gasteiger partial charge >= 0.3 is 12.0 Å². The standard InChI is InChI=1S/C11H21N3O4/c1-13(2)9-3-5-14(7-9)11(17)12-4-6-18-8-10(15)16/h9H,3-8H2,1-2H3,(H,12,17)(H,15,16). The zero-order valence-corrected chi connectivity index (χ0v) is 10.9. The molecule has 0 saturated carbocycles. The van der Waals surface area contributed by atoms with Crippen molar-refractivity contribution >= 4 is 12.0 Å². The Balaban J connectivity index is 2.12. The van der Waals surface area contributed by atoms with Crippen LogP contribution in [-0.4, -0.2) is 79.9 Å². The number of amides is 2. The molecule has 0 aromatic rings. The molecule has 1 unspecified atom stereocenters. The summed E-state index contributed by atoms with van der Waals surface area (Å²) in [5.74, 6) is -1.00. The SMILES string of the molecule is CN(C)C1CCN(C(=O)NCCOCC(=O)O)C1. The van der Waals surface area contributed by atoms with Crippen LogP contribution in [0.1, 0.15) is 6.42 Å². The minimum atomic E-state index is -1.00. The highest BCUT2D eigenvalue weighted by Crippen LogP contribution is 2.12. The van der Waals surface area contributed by atoms with Gasteiger partial charge < -0.3 is 25.0 Å². The summed E-state index contributed by atoms with van der Waals surface area (Å²) in [6.07, 6.45) is 0.982. The maximum atomic E-state index is 11.7. The number of carbonyl (C=O) groups is 2. The Bertz CT molecular complexity index is 296. The van der Waals surface area contributed by atoms with Crippen LogP contribution in [-0.2, 0) is 9.53 Å². The zero-order valence-electron chi connectivity index (χ0n) is 10.9. The van der Waals surface area contributed by atoms with E-state index in [0.29, 0.717) is 12.6 Å². The van der Waals surface area contributed by atoms with Crippen LogP contribution in [0.15, 0.2) is 0 Å². The maximum absolute atomic E-state index is 11.7. The summed E-state index contributed by atoms with van der Waals surface area (Å²) in [5.41, 5.74) is 0. The zero-order chi connectivity index (χ0) is 13.5. The molecule has 18 heavy (non-hydrogen) atoms. The van der Waals surface area contributed by atoms with Crippen molar-refractivity contribution in [1.82, 2.24) is 15.1 Å². The summed E-state index contributed by atoms with van der Waals surface area (Å²) >= 11 is 0. The molecule has 104 valence electrons. The van der Waals surface area contributed by atoms with Crippen molar-refractivity contribution in [3.8, 4) is 0 Å². The molecule has 1 aliphatic heterocycles. The minimum absolute atomic E-state index is 0.113. The molecular weight excluding hydrogens is 238 g/mol. The first-order chi connectivity index (χ1) is 8.50. The molecular formula is C11H21N3O4. The highest BCUT2D eigenvalue weighted by Gasteiger charge is 2.26. The minimum Gasteiger partial charge on any atom is -0.480 e. The van der Waals surface area contributed by atoms with E-state index in [0.717, 1.165) is 19.5 Å². The average molecular weight is 259 g/mol. The van der Waals surface area contributed by atoms with Crippen molar-refractivity contribution in [2.45, 2.75) is 12.5 Å². The monoisotopic (exact) mass is 259 g/mol. The molecule has 7 nitrogen and oxygen atoms in total. The van der Waals surface area contributed by atoms with Gasteiger partial charge in [-0.15, -0.1) is 0 Å². The van der Waals surface area contributed by atoms with Crippen LogP contribution in [0.4, 0.5) is 4.79 Å². The summed E-state index contributed by atoms with van der Waals surface area (Å²) < 4.78 is 4.83. The first-order valence-corrected chi connectivity index (χ1v) is 5.99. The molecule has 2 amide bonds. The topological polar surface area (TPSA) is 82.1 Å². The summed E-state index contributed by atoms with van der Waals surface area (Å²) in [6, 6.07) is 0.303. The molecule has 0 aliphatic carbocycles. The van der Waals surface area contributed by atoms with Crippen LogP contribution >= 0.6 is 0 Å². The summed E-state index contributed by atoms with van der Waals surface area (Å²) in [4.78, 5) is 25.8. The van der Waals surface area contributed by atoms with Gasteiger partial charge in [-0.25, -0.2) is 9.59 Å². The Hall–Kier alpha value is -1.34. The maximum Gasteiger partial charge on any atom is 0.329 e. The van der Waals surface area contributed by atoms with Crippen molar-refractivity contribution in [3.63, 3.8) is 0 Å². The fourth-order valence-electron chi connectivity index (χ4n) is 1.85. The van der Waals surface area contributed by atoms with Crippen LogP contribution in [0.2, 0.25) is 0 Å². The number of carboxylic acids is 1. The molecule has 0 aromatic heterocycles. The van der Waals surface area contributed by atoms with Gasteiger partial charge in [0.15, 0.2) is 0 Å². The fraction of sp³-hybridized carbons (Fsp3) is 0.818. The molecule has 0 bridgehead atoms. The van der Waals surface area contributed by atoms with Gasteiger partial charge in [-0.05, 0) is 20.5 Å². The number of nitrogens with zero attached hydrogens (tertiary/aromatic N) is 2. The van der Waals surface area contributed by atoms with Gasteiger partial charge in [-0.3, -0.25) is 0 Å². The van der Waals surface area contributed by atoms with Crippen molar-refractivity contribution in [3.05, 3.63) is 0 Å². The number of hydrogen-bond donors (Lipinski definition) is 2. The molecule has 1 rings (SSSR count). The highest BCUT2D eigenvalue weighted by molar-refractivity contribution is 5.74. The predicted octanol–water partition coefficient (Wildman–Crippen LogP) is -0.567. The first-order valence-electron chi connectivity index (χ1n) is 5.99. The Labute approximate surface area is 107 Å². The molecule has 7 heteroatoms. The molecule has 1 atom stereocenters. The number of rotatable bonds is 6. The molecule has 1 saturated heterocycles. The molecule has 1 fully saturated rings. The third-order valence-corrected chi connectivity index (χ3v) is 2.93. The van der Waals surface area contributed by atoms with E-state index >= 15 is 0 Å². The van der Waals surface area contributed by atoms with Gasteiger partial charge in [-0.2, -0.15) is 0 Å². The van der Waals surface area contributed by atoms with E-state index in [9.17, 15) is 9.59 Å². The fourth-order valence-corrected chi connectivity index (χ4v) is 1.85. The largest absolute Gasteiger partial charge is 0.480 e. The lowest BCUT2D eigenvalue weighted by atomic mass is 10.2. The van der Waals surface area contributed by atoms with E-state index in [1.807, 2.05) is 14.1 Å². The van der Waals surface area contributed by atoms with Crippen molar-refractivity contribution in [2.24, 2.45) is 0 Å². The quantitative estimate of drug-likeness (QED) is 0.624. The lowest BCUT2D eigenvalue weighted by Crippen LogP contribution is -2.41. The normalized spacial score (nSPS) is 19.3. The van der Waals surface area contributed by atoms with Crippen molar-refractivity contribution in [2.75, 3.05) is 46.9 Å². The smallest absolute Gasteiger partial charge is 0.329 e. The second-order valence-corrected chi connectivity index (χ2v) is 4.53. The Morgan fingerprint density at radius 1 is 1.50 bits per heavy atom. The van der Waals surface area contributed by atoms with Crippen molar-refractivity contribution in [1.29, 1.82) is 0 Å². The van der Waals surface area contributed by atoms with Crippen molar-refractivity contribution < 1.29 is 19.4 Å². The predicted molar refractivity (Wildman–Crippen MR) is 65.5 cm³/mol. The number of likely N-dealkylation sites (N-methyl/N-ethyl adjacent to an activating group) is 1. The molecule has 1 aliphatic rings. The van der Waals surface area contributed by atoms with Crippen LogP contribution < -0.4 is 5.32 Å². The first kappa shape index (κ1) is 14.7. The number of nitrogens with one attached hydrogen (secondary N) is 1. The van der Waals surface area contributed by atoms with E-state index in [4.69, 9.17) is 9.84 Å². The number of likely N-dealkylation sites (tertiary alicyclic amines) is 1. The molecule has 0 aromatic carbocycles. The number of hydrogen-bond acceptors (Lipinski definition) is 4. The number of carbonyl (C=O) groups excluding carboxylic acids is 1. The summed E-state index contributed by atoms with van der Waals surface area (Å²) in [5, 5.41) is 11.1. The van der Waals surface area contributed by atoms with E-state index < -0.39 is 5.97 Å². The third kappa shape index (κ3) is 4.89. The molecule has 1 heterocycles. The average Bonchev–Trinajstić information content (AvgIpc) is 2.77. The Morgan fingerprint density at radius 2 is 2.22 bits per heavy atom. The van der Waals surface area contributed by atoms with Crippen LogP contribution in [0.3, 0.4) is 0 Å². The number of ether oxygens (including phenoxy) is 1. The van der Waals surface area contributed by atoms with Gasteiger partial charge in [-0.1, -0.05) is 0 Å². The molecule has 0 radical (unpaired) electrons.